The number of piperazine rings is 1. The number of carbonyl (C=O) groups excluding carboxylic acids is 2. The van der Waals surface area contributed by atoms with Crippen LogP contribution in [-0.4, -0.2) is 70.3 Å². The summed E-state index contributed by atoms with van der Waals surface area (Å²) in [6.45, 7) is 9.35. The number of rotatable bonds is 8. The summed E-state index contributed by atoms with van der Waals surface area (Å²) in [6.07, 6.45) is 5.14. The zero-order valence-electron chi connectivity index (χ0n) is 17.0. The first-order valence-electron chi connectivity index (χ1n) is 10.3. The molecule has 0 aliphatic carbocycles. The van der Waals surface area contributed by atoms with Crippen molar-refractivity contribution in [3.05, 3.63) is 35.8 Å². The maximum atomic E-state index is 12.5. The van der Waals surface area contributed by atoms with E-state index in [0.29, 0.717) is 18.7 Å². The van der Waals surface area contributed by atoms with Crippen LogP contribution in [0.1, 0.15) is 48.8 Å². The number of fused-ring (bicyclic) bond motifs is 1. The Balaban J connectivity index is 1.34. The van der Waals surface area contributed by atoms with Crippen LogP contribution >= 0.6 is 0 Å². The number of aryl methyl sites for hydroxylation is 1. The molecule has 2 aromatic rings. The number of imidazole rings is 1. The summed E-state index contributed by atoms with van der Waals surface area (Å²) in [7, 11) is 0. The molecule has 0 radical (unpaired) electrons. The second kappa shape index (κ2) is 9.68. The van der Waals surface area contributed by atoms with E-state index in [0.717, 1.165) is 63.3 Å². The minimum absolute atomic E-state index is 0.0962. The van der Waals surface area contributed by atoms with Gasteiger partial charge in [-0.3, -0.25) is 14.0 Å². The van der Waals surface area contributed by atoms with E-state index in [1.165, 1.54) is 0 Å². The summed E-state index contributed by atoms with van der Waals surface area (Å²) < 4.78 is 1.82. The first-order chi connectivity index (χ1) is 13.6. The summed E-state index contributed by atoms with van der Waals surface area (Å²) in [4.78, 5) is 33.6. The number of unbranched alkanes of at least 4 members (excludes halogenated alkanes) is 2. The second-order valence-electron chi connectivity index (χ2n) is 7.36. The lowest BCUT2D eigenvalue weighted by Gasteiger charge is -2.34. The fraction of sp³-hybridized carbons (Fsp3) is 0.571. The molecule has 3 heterocycles. The van der Waals surface area contributed by atoms with Gasteiger partial charge in [-0.25, -0.2) is 4.98 Å². The van der Waals surface area contributed by atoms with Gasteiger partial charge in [-0.2, -0.15) is 0 Å². The van der Waals surface area contributed by atoms with Crippen molar-refractivity contribution in [2.45, 2.75) is 39.5 Å². The minimum atomic E-state index is -0.0962. The smallest absolute Gasteiger partial charge is 0.270 e. The topological polar surface area (TPSA) is 69.9 Å². The summed E-state index contributed by atoms with van der Waals surface area (Å²) in [5.74, 6) is 0.169. The third-order valence-corrected chi connectivity index (χ3v) is 5.44. The maximum Gasteiger partial charge on any atom is 0.270 e. The van der Waals surface area contributed by atoms with Gasteiger partial charge < -0.3 is 15.1 Å². The van der Waals surface area contributed by atoms with Crippen molar-refractivity contribution in [2.75, 3.05) is 39.3 Å². The molecule has 0 saturated carbocycles. The fourth-order valence-electron chi connectivity index (χ4n) is 3.72. The largest absolute Gasteiger partial charge is 0.351 e. The molecule has 2 amide bonds. The molecule has 1 aliphatic rings. The van der Waals surface area contributed by atoms with Crippen LogP contribution in [0.2, 0.25) is 0 Å². The number of aromatic nitrogens is 2. The molecule has 7 nitrogen and oxygen atoms in total. The van der Waals surface area contributed by atoms with Crippen molar-refractivity contribution in [3.63, 3.8) is 0 Å². The normalized spacial score (nSPS) is 15.1. The van der Waals surface area contributed by atoms with Crippen LogP contribution in [0.5, 0.6) is 0 Å². The molecule has 0 bridgehead atoms. The summed E-state index contributed by atoms with van der Waals surface area (Å²) in [6, 6.07) is 5.70. The molecule has 1 aliphatic heterocycles. The van der Waals surface area contributed by atoms with Gasteiger partial charge in [0.15, 0.2) is 0 Å². The van der Waals surface area contributed by atoms with E-state index >= 15 is 0 Å². The van der Waals surface area contributed by atoms with Gasteiger partial charge in [0.25, 0.3) is 5.91 Å². The predicted octanol–water partition coefficient (Wildman–Crippen LogP) is 2.10. The quantitative estimate of drug-likeness (QED) is 0.707. The zero-order chi connectivity index (χ0) is 19.9. The summed E-state index contributed by atoms with van der Waals surface area (Å²) >= 11 is 0. The number of nitrogens with one attached hydrogen (secondary N) is 1. The predicted molar refractivity (Wildman–Crippen MR) is 109 cm³/mol. The van der Waals surface area contributed by atoms with Crippen molar-refractivity contribution in [3.8, 4) is 0 Å². The van der Waals surface area contributed by atoms with Crippen LogP contribution in [0.15, 0.2) is 24.4 Å². The van der Waals surface area contributed by atoms with Crippen molar-refractivity contribution in [1.82, 2.24) is 24.5 Å². The van der Waals surface area contributed by atoms with Crippen LogP contribution in [-0.2, 0) is 4.79 Å². The van der Waals surface area contributed by atoms with Crippen LogP contribution in [0.4, 0.5) is 0 Å². The first-order valence-corrected chi connectivity index (χ1v) is 10.3. The molecule has 1 saturated heterocycles. The molecule has 3 rings (SSSR count). The van der Waals surface area contributed by atoms with Crippen molar-refractivity contribution < 1.29 is 9.59 Å². The molecular weight excluding hydrogens is 354 g/mol. The highest BCUT2D eigenvalue weighted by molar-refractivity contribution is 5.94. The Kier molecular flexibility index (Phi) is 7.03. The molecular formula is C21H31N5O2. The lowest BCUT2D eigenvalue weighted by Crippen LogP contribution is -2.48. The van der Waals surface area contributed by atoms with E-state index in [1.807, 2.05) is 40.6 Å². The van der Waals surface area contributed by atoms with E-state index < -0.39 is 0 Å². The molecule has 2 aromatic heterocycles. The fourth-order valence-corrected chi connectivity index (χ4v) is 3.72. The molecule has 152 valence electrons. The molecule has 1 N–H and O–H groups in total. The second-order valence-corrected chi connectivity index (χ2v) is 7.36. The van der Waals surface area contributed by atoms with E-state index in [-0.39, 0.29) is 11.8 Å². The van der Waals surface area contributed by atoms with Gasteiger partial charge >= 0.3 is 0 Å². The van der Waals surface area contributed by atoms with Crippen LogP contribution in [0.3, 0.4) is 0 Å². The number of amides is 2. The number of likely N-dealkylation sites (N-methyl/N-ethyl adjacent to an activating group) is 1. The minimum Gasteiger partial charge on any atom is -0.351 e. The lowest BCUT2D eigenvalue weighted by atomic mass is 10.1. The van der Waals surface area contributed by atoms with E-state index in [1.54, 1.807) is 0 Å². The van der Waals surface area contributed by atoms with Gasteiger partial charge in [0.1, 0.15) is 11.3 Å². The van der Waals surface area contributed by atoms with E-state index in [4.69, 9.17) is 0 Å². The van der Waals surface area contributed by atoms with Gasteiger partial charge in [-0.05, 0) is 38.4 Å². The molecule has 0 aromatic carbocycles. The number of pyridine rings is 1. The molecule has 7 heteroatoms. The highest BCUT2D eigenvalue weighted by atomic mass is 16.2. The average molecular weight is 386 g/mol. The van der Waals surface area contributed by atoms with E-state index in [2.05, 4.69) is 22.1 Å². The lowest BCUT2D eigenvalue weighted by molar-refractivity contribution is -0.133. The highest BCUT2D eigenvalue weighted by Gasteiger charge is 2.19. The van der Waals surface area contributed by atoms with Crippen molar-refractivity contribution in [2.24, 2.45) is 0 Å². The monoisotopic (exact) mass is 385 g/mol. The van der Waals surface area contributed by atoms with Gasteiger partial charge in [0, 0.05) is 45.3 Å². The first kappa shape index (κ1) is 20.3. The maximum absolute atomic E-state index is 12.5. The van der Waals surface area contributed by atoms with Crippen LogP contribution in [0.25, 0.3) is 5.65 Å². The average Bonchev–Trinajstić information content (AvgIpc) is 3.06. The van der Waals surface area contributed by atoms with Crippen LogP contribution < -0.4 is 5.32 Å². The Morgan fingerprint density at radius 1 is 1.11 bits per heavy atom. The summed E-state index contributed by atoms with van der Waals surface area (Å²) in [5.41, 5.74) is 2.11. The van der Waals surface area contributed by atoms with E-state index in [9.17, 15) is 9.59 Å². The highest BCUT2D eigenvalue weighted by Crippen LogP contribution is 2.12. The third kappa shape index (κ3) is 4.90. The Morgan fingerprint density at radius 3 is 2.64 bits per heavy atom. The molecule has 0 spiro atoms. The van der Waals surface area contributed by atoms with Crippen molar-refractivity contribution in [1.29, 1.82) is 0 Å². The molecule has 1 fully saturated rings. The Hall–Kier alpha value is -2.41. The van der Waals surface area contributed by atoms with Gasteiger partial charge in [0.2, 0.25) is 5.91 Å². The molecule has 0 unspecified atom stereocenters. The Bertz CT molecular complexity index is 808. The third-order valence-electron chi connectivity index (χ3n) is 5.44. The number of carbonyl (C=O) groups is 2. The van der Waals surface area contributed by atoms with Gasteiger partial charge in [0.05, 0.1) is 5.69 Å². The van der Waals surface area contributed by atoms with Gasteiger partial charge in [-0.15, -0.1) is 0 Å². The molecule has 28 heavy (non-hydrogen) atoms. The summed E-state index contributed by atoms with van der Waals surface area (Å²) in [5, 5.41) is 2.98. The standard InChI is InChI=1S/C21H31N5O2/c1-3-24-13-15-25(16-14-24)19(27)10-5-4-7-11-22-21(28)20-17(2)23-18-9-6-8-12-26(18)20/h6,8-9,12H,3-5,7,10-11,13-16H2,1-2H3,(H,22,28). The van der Waals surface area contributed by atoms with Crippen LogP contribution in [0, 0.1) is 6.92 Å². The number of hydrogen-bond acceptors (Lipinski definition) is 4. The molecule has 0 atom stereocenters. The Labute approximate surface area is 166 Å². The number of hydrogen-bond donors (Lipinski definition) is 1. The SMILES string of the molecule is CCN1CCN(C(=O)CCCCCNC(=O)c2c(C)nc3ccccn23)CC1. The van der Waals surface area contributed by atoms with Gasteiger partial charge in [-0.1, -0.05) is 19.4 Å². The zero-order valence-corrected chi connectivity index (χ0v) is 17.0. The van der Waals surface area contributed by atoms with Crippen molar-refractivity contribution >= 4 is 17.5 Å². The Morgan fingerprint density at radius 2 is 1.89 bits per heavy atom. The number of nitrogens with zero attached hydrogens (tertiary/aromatic N) is 4.